The first-order valence-corrected chi connectivity index (χ1v) is 11.5. The summed E-state index contributed by atoms with van der Waals surface area (Å²) < 4.78 is 102. The first kappa shape index (κ1) is 28.1. The standard InChI is InChI=1S/C21H21F5NO7P/c1-10(2)31-21(29)12(4)32-20(28)11(3)27-35(30,33-13-8-6-5-7-9-13)34-19-17(25)15(23)14(22)16(24)18(19)26/h5-12H,1-4H3,(H,27,30)/t11-,12-,35-/m0/s1. The number of benzene rings is 2. The molecular formula is C21H21F5NO7P. The molecule has 0 saturated heterocycles. The zero-order valence-corrected chi connectivity index (χ0v) is 19.7. The van der Waals surface area contributed by atoms with Crippen molar-refractivity contribution in [2.24, 2.45) is 0 Å². The molecule has 0 aromatic heterocycles. The topological polar surface area (TPSA) is 100 Å². The first-order chi connectivity index (χ1) is 16.3. The van der Waals surface area contributed by atoms with Gasteiger partial charge in [0, 0.05) is 0 Å². The van der Waals surface area contributed by atoms with Crippen molar-refractivity contribution in [3.63, 3.8) is 0 Å². The summed E-state index contributed by atoms with van der Waals surface area (Å²) in [5.74, 6) is -16.2. The van der Waals surface area contributed by atoms with E-state index >= 15 is 0 Å². The summed E-state index contributed by atoms with van der Waals surface area (Å²) in [5, 5.41) is 2.00. The third-order valence-electron chi connectivity index (χ3n) is 4.03. The van der Waals surface area contributed by atoms with Crippen LogP contribution in [0.2, 0.25) is 0 Å². The number of carbonyl (C=O) groups is 2. The van der Waals surface area contributed by atoms with Crippen LogP contribution in [0, 0.1) is 29.1 Å². The molecule has 0 fully saturated rings. The van der Waals surface area contributed by atoms with Crippen molar-refractivity contribution in [1.82, 2.24) is 5.09 Å². The molecule has 0 aliphatic rings. The van der Waals surface area contributed by atoms with E-state index in [-0.39, 0.29) is 5.75 Å². The van der Waals surface area contributed by atoms with Crippen molar-refractivity contribution >= 4 is 19.7 Å². The van der Waals surface area contributed by atoms with Crippen LogP contribution in [0.1, 0.15) is 27.7 Å². The maximum atomic E-state index is 14.1. The highest BCUT2D eigenvalue weighted by Gasteiger charge is 2.39. The Kier molecular flexibility index (Phi) is 9.22. The van der Waals surface area contributed by atoms with E-state index in [4.69, 9.17) is 14.0 Å². The molecule has 35 heavy (non-hydrogen) atoms. The third kappa shape index (κ3) is 7.15. The minimum atomic E-state index is -5.07. The van der Waals surface area contributed by atoms with Gasteiger partial charge >= 0.3 is 19.7 Å². The number of esters is 2. The molecule has 14 heteroatoms. The third-order valence-corrected chi connectivity index (χ3v) is 5.61. The molecule has 2 aromatic carbocycles. The Morgan fingerprint density at radius 1 is 0.771 bits per heavy atom. The molecule has 0 unspecified atom stereocenters. The molecule has 0 heterocycles. The zero-order valence-electron chi connectivity index (χ0n) is 18.8. The van der Waals surface area contributed by atoms with Gasteiger partial charge in [0.05, 0.1) is 6.10 Å². The zero-order chi connectivity index (χ0) is 26.5. The van der Waals surface area contributed by atoms with E-state index in [2.05, 4.69) is 4.52 Å². The monoisotopic (exact) mass is 525 g/mol. The Labute approximate surface area is 196 Å². The molecule has 2 rings (SSSR count). The van der Waals surface area contributed by atoms with E-state index in [0.29, 0.717) is 0 Å². The molecular weight excluding hydrogens is 504 g/mol. The van der Waals surface area contributed by atoms with E-state index in [1.165, 1.54) is 37.3 Å². The molecule has 192 valence electrons. The molecule has 0 aliphatic heterocycles. The fraction of sp³-hybridized carbons (Fsp3) is 0.333. The van der Waals surface area contributed by atoms with Gasteiger partial charge in [0.2, 0.25) is 34.8 Å². The van der Waals surface area contributed by atoms with E-state index in [1.54, 1.807) is 13.8 Å². The second kappa shape index (κ2) is 11.5. The van der Waals surface area contributed by atoms with Crippen molar-refractivity contribution in [2.75, 3.05) is 0 Å². The Hall–Kier alpha value is -3.18. The molecule has 0 saturated carbocycles. The molecule has 0 amide bonds. The van der Waals surface area contributed by atoms with Gasteiger partial charge in [-0.2, -0.15) is 13.9 Å². The van der Waals surface area contributed by atoms with Crippen LogP contribution in [0.3, 0.4) is 0 Å². The van der Waals surface area contributed by atoms with Gasteiger partial charge in [0.1, 0.15) is 11.8 Å². The number of halogens is 5. The average molecular weight is 525 g/mol. The average Bonchev–Trinajstić information content (AvgIpc) is 2.79. The molecule has 0 radical (unpaired) electrons. The van der Waals surface area contributed by atoms with Crippen LogP contribution in [0.15, 0.2) is 30.3 Å². The summed E-state index contributed by atoms with van der Waals surface area (Å²) >= 11 is 0. The summed E-state index contributed by atoms with van der Waals surface area (Å²) in [5.41, 5.74) is 0. The predicted octanol–water partition coefficient (Wildman–Crippen LogP) is 4.81. The van der Waals surface area contributed by atoms with Crippen molar-refractivity contribution in [3.8, 4) is 11.5 Å². The van der Waals surface area contributed by atoms with Gasteiger partial charge in [-0.1, -0.05) is 18.2 Å². The van der Waals surface area contributed by atoms with Crippen LogP contribution in [0.5, 0.6) is 11.5 Å². The first-order valence-electron chi connectivity index (χ1n) is 10.00. The summed E-state index contributed by atoms with van der Waals surface area (Å²) in [4.78, 5) is 24.2. The molecule has 2 aromatic rings. The van der Waals surface area contributed by atoms with Gasteiger partial charge in [-0.25, -0.2) is 22.5 Å². The Balaban J connectivity index is 2.34. The second-order valence-electron chi connectivity index (χ2n) is 7.31. The van der Waals surface area contributed by atoms with Crippen LogP contribution in [0.4, 0.5) is 22.0 Å². The lowest BCUT2D eigenvalue weighted by Crippen LogP contribution is -2.39. The van der Waals surface area contributed by atoms with Crippen molar-refractivity contribution in [3.05, 3.63) is 59.4 Å². The number of rotatable bonds is 10. The lowest BCUT2D eigenvalue weighted by Gasteiger charge is -2.24. The van der Waals surface area contributed by atoms with Gasteiger partial charge < -0.3 is 18.5 Å². The highest BCUT2D eigenvalue weighted by atomic mass is 31.2. The van der Waals surface area contributed by atoms with E-state index in [9.17, 15) is 36.1 Å². The SMILES string of the molecule is CC(C)OC(=O)[C@H](C)OC(=O)[C@H](C)N[P@](=O)(Oc1ccccc1)Oc1c(F)c(F)c(F)c(F)c1F. The minimum Gasteiger partial charge on any atom is -0.460 e. The van der Waals surface area contributed by atoms with Gasteiger partial charge in [0.25, 0.3) is 0 Å². The Bertz CT molecular complexity index is 1100. The summed E-state index contributed by atoms with van der Waals surface area (Å²) in [6, 6.07) is 5.22. The molecule has 0 aliphatic carbocycles. The fourth-order valence-corrected chi connectivity index (χ4v) is 3.94. The van der Waals surface area contributed by atoms with E-state index in [0.717, 1.165) is 6.92 Å². The van der Waals surface area contributed by atoms with Gasteiger partial charge in [-0.3, -0.25) is 4.79 Å². The van der Waals surface area contributed by atoms with Gasteiger partial charge in [-0.05, 0) is 39.8 Å². The highest BCUT2D eigenvalue weighted by molar-refractivity contribution is 7.52. The quantitative estimate of drug-likeness (QED) is 0.155. The van der Waals surface area contributed by atoms with Crippen LogP contribution in [-0.2, 0) is 23.6 Å². The molecule has 3 atom stereocenters. The van der Waals surface area contributed by atoms with E-state index < -0.39 is 72.8 Å². The van der Waals surface area contributed by atoms with Gasteiger partial charge in [0.15, 0.2) is 6.10 Å². The smallest absolute Gasteiger partial charge is 0.460 e. The number of ether oxygens (including phenoxy) is 2. The molecule has 8 nitrogen and oxygen atoms in total. The second-order valence-corrected chi connectivity index (χ2v) is 8.93. The normalized spacial score (nSPS) is 14.6. The molecule has 0 spiro atoms. The van der Waals surface area contributed by atoms with Crippen LogP contribution in [0.25, 0.3) is 0 Å². The van der Waals surface area contributed by atoms with Crippen LogP contribution >= 0.6 is 7.75 Å². The number of para-hydroxylation sites is 1. The maximum absolute atomic E-state index is 14.1. The highest BCUT2D eigenvalue weighted by Crippen LogP contribution is 2.47. The minimum absolute atomic E-state index is 0.207. The largest absolute Gasteiger partial charge is 0.513 e. The molecule has 1 N–H and O–H groups in total. The van der Waals surface area contributed by atoms with Gasteiger partial charge in [-0.15, -0.1) is 0 Å². The van der Waals surface area contributed by atoms with Crippen molar-refractivity contribution in [1.29, 1.82) is 0 Å². The number of hydrogen-bond acceptors (Lipinski definition) is 7. The summed E-state index contributed by atoms with van der Waals surface area (Å²) in [7, 11) is -5.07. The number of nitrogens with one attached hydrogen (secondary N) is 1. The Morgan fingerprint density at radius 3 is 1.80 bits per heavy atom. The summed E-state index contributed by atoms with van der Waals surface area (Å²) in [6.45, 7) is 5.38. The lowest BCUT2D eigenvalue weighted by atomic mass is 10.3. The van der Waals surface area contributed by atoms with Crippen LogP contribution < -0.4 is 14.1 Å². The maximum Gasteiger partial charge on any atom is 0.513 e. The van der Waals surface area contributed by atoms with Crippen molar-refractivity contribution < 1.29 is 54.6 Å². The molecule has 0 bridgehead atoms. The summed E-state index contributed by atoms with van der Waals surface area (Å²) in [6.07, 6.45) is -1.90. The van der Waals surface area contributed by atoms with E-state index in [1.807, 2.05) is 5.09 Å². The van der Waals surface area contributed by atoms with Crippen LogP contribution in [-0.4, -0.2) is 30.2 Å². The number of carbonyl (C=O) groups excluding carboxylic acids is 2. The predicted molar refractivity (Wildman–Crippen MR) is 111 cm³/mol. The lowest BCUT2D eigenvalue weighted by molar-refractivity contribution is -0.169. The van der Waals surface area contributed by atoms with Crippen molar-refractivity contribution in [2.45, 2.75) is 45.9 Å². The number of hydrogen-bond donors (Lipinski definition) is 1. The fourth-order valence-electron chi connectivity index (χ4n) is 2.42. The Morgan fingerprint density at radius 2 is 1.29 bits per heavy atom.